The minimum absolute atomic E-state index is 0.0409. The third-order valence-corrected chi connectivity index (χ3v) is 8.24. The van der Waals surface area contributed by atoms with Crippen LogP contribution in [0.1, 0.15) is 73.7 Å². The maximum Gasteiger partial charge on any atom is 0.223 e. The fraction of sp³-hybridized carbons (Fsp3) is 0.625. The fourth-order valence-corrected chi connectivity index (χ4v) is 6.30. The zero-order chi connectivity index (χ0) is 30.6. The van der Waals surface area contributed by atoms with Gasteiger partial charge in [-0.15, -0.1) is 0 Å². The lowest BCUT2D eigenvalue weighted by atomic mass is 9.84. The molecule has 0 saturated carbocycles. The second-order valence-electron chi connectivity index (χ2n) is 9.11. The Balaban J connectivity index is 1.80. The second-order valence-corrected chi connectivity index (χ2v) is 11.4. The SMILES string of the molecule is [2H]C([2H])([2H])C([2H])(n1nc(-c2cc(OCC)ncc2F)c2c1C[C@H](C(=O)NC1(C)CCS(=O)(=O)CC1)CC2)C([2H])([2H])[2H]. The number of nitrogens with one attached hydrogen (secondary N) is 1. The first kappa shape index (κ1) is 17.0. The summed E-state index contributed by atoms with van der Waals surface area (Å²) in [4.78, 5) is 17.3. The number of halogens is 1. The number of carbonyl (C=O) groups is 1. The number of carbonyl (C=O) groups excluding carboxylic acids is 1. The van der Waals surface area contributed by atoms with Gasteiger partial charge in [0.15, 0.2) is 5.82 Å². The van der Waals surface area contributed by atoms with Crippen LogP contribution in [-0.4, -0.2) is 52.7 Å². The predicted molar refractivity (Wildman–Crippen MR) is 127 cm³/mol. The Morgan fingerprint density at radius 1 is 1.44 bits per heavy atom. The Hall–Kier alpha value is -2.49. The molecule has 10 heteroatoms. The molecule has 0 spiro atoms. The summed E-state index contributed by atoms with van der Waals surface area (Å²) in [5.74, 6) is -2.01. The number of fused-ring (bicyclic) bond motifs is 1. The van der Waals surface area contributed by atoms with E-state index in [1.54, 1.807) is 13.8 Å². The van der Waals surface area contributed by atoms with Gasteiger partial charge >= 0.3 is 0 Å². The Morgan fingerprint density at radius 2 is 2.18 bits per heavy atom. The average molecular weight is 500 g/mol. The summed E-state index contributed by atoms with van der Waals surface area (Å²) in [6, 6.07) is -1.96. The maximum absolute atomic E-state index is 15.1. The molecule has 0 aromatic carbocycles. The third kappa shape index (κ3) is 4.96. The van der Waals surface area contributed by atoms with Crippen molar-refractivity contribution in [1.82, 2.24) is 20.1 Å². The first-order valence-electron chi connectivity index (χ1n) is 14.7. The Labute approximate surface area is 210 Å². The van der Waals surface area contributed by atoms with Crippen LogP contribution in [0.3, 0.4) is 0 Å². The highest BCUT2D eigenvalue weighted by Gasteiger charge is 2.38. The summed E-state index contributed by atoms with van der Waals surface area (Å²) in [5, 5.41) is 7.19. The maximum atomic E-state index is 15.1. The number of nitrogens with zero attached hydrogens (tertiary/aromatic N) is 3. The molecular formula is C24H33FN4O4S. The van der Waals surface area contributed by atoms with Crippen LogP contribution in [0.25, 0.3) is 11.3 Å². The topological polar surface area (TPSA) is 103 Å². The molecule has 4 rings (SSSR count). The molecule has 8 nitrogen and oxygen atoms in total. The van der Waals surface area contributed by atoms with Crippen molar-refractivity contribution in [2.24, 2.45) is 5.92 Å². The molecule has 3 heterocycles. The van der Waals surface area contributed by atoms with Gasteiger partial charge in [0.1, 0.15) is 9.84 Å². The van der Waals surface area contributed by atoms with E-state index in [9.17, 15) is 13.2 Å². The zero-order valence-electron chi connectivity index (χ0n) is 26.1. The van der Waals surface area contributed by atoms with Crippen molar-refractivity contribution in [2.75, 3.05) is 18.1 Å². The smallest absolute Gasteiger partial charge is 0.223 e. The molecule has 0 radical (unpaired) electrons. The van der Waals surface area contributed by atoms with Crippen molar-refractivity contribution in [3.63, 3.8) is 0 Å². The van der Waals surface area contributed by atoms with Crippen molar-refractivity contribution in [3.8, 4) is 17.1 Å². The standard InChI is InChI=1S/C24H33FN4O4S/c1-5-33-21-13-18(19(25)14-26-21)22-17-7-6-16(12-20(17)29(28-22)15(2)3)23(30)27-24(4)8-10-34(31,32)11-9-24/h13-16H,5-12H2,1-4H3,(H,27,30)/t16-/m1/s1/i2D3,3D3,15D. The Kier molecular flexibility index (Phi) is 4.65. The van der Waals surface area contributed by atoms with E-state index in [2.05, 4.69) is 15.4 Å². The molecule has 1 aliphatic carbocycles. The molecular weight excluding hydrogens is 459 g/mol. The Bertz CT molecular complexity index is 1410. The van der Waals surface area contributed by atoms with E-state index >= 15 is 4.39 Å². The first-order valence-corrected chi connectivity index (χ1v) is 13.1. The summed E-state index contributed by atoms with van der Waals surface area (Å²) >= 11 is 0. The first-order chi connectivity index (χ1) is 18.8. The minimum Gasteiger partial charge on any atom is -0.478 e. The lowest BCUT2D eigenvalue weighted by Crippen LogP contribution is -2.53. The molecule has 2 aromatic rings. The van der Waals surface area contributed by atoms with Gasteiger partial charge in [-0.25, -0.2) is 17.8 Å². The molecule has 1 aliphatic heterocycles. The van der Waals surface area contributed by atoms with E-state index in [4.69, 9.17) is 14.3 Å². The normalized spacial score (nSPS) is 25.3. The highest BCUT2D eigenvalue weighted by molar-refractivity contribution is 7.91. The van der Waals surface area contributed by atoms with E-state index in [-0.39, 0.29) is 73.0 Å². The van der Waals surface area contributed by atoms with Crippen molar-refractivity contribution < 1.29 is 31.9 Å². The van der Waals surface area contributed by atoms with Crippen LogP contribution >= 0.6 is 0 Å². The van der Waals surface area contributed by atoms with Crippen molar-refractivity contribution in [3.05, 3.63) is 29.3 Å². The van der Waals surface area contributed by atoms with Gasteiger partial charge in [-0.2, -0.15) is 5.10 Å². The number of pyridine rings is 1. The summed E-state index contributed by atoms with van der Waals surface area (Å²) in [5.41, 5.74) is -0.536. The quantitative estimate of drug-likeness (QED) is 0.654. The second kappa shape index (κ2) is 9.28. The van der Waals surface area contributed by atoms with Crippen LogP contribution in [0, 0.1) is 11.7 Å². The van der Waals surface area contributed by atoms with E-state index in [0.29, 0.717) is 10.2 Å². The van der Waals surface area contributed by atoms with Crippen molar-refractivity contribution >= 4 is 15.7 Å². The fourth-order valence-electron chi connectivity index (χ4n) is 4.58. The molecule has 0 bridgehead atoms. The van der Waals surface area contributed by atoms with Crippen LogP contribution in [0.5, 0.6) is 5.88 Å². The van der Waals surface area contributed by atoms with Gasteiger partial charge in [-0.3, -0.25) is 9.48 Å². The average Bonchev–Trinajstić information content (AvgIpc) is 3.24. The minimum atomic E-state index is -3.38. The number of hydrogen-bond donors (Lipinski definition) is 1. The summed E-state index contributed by atoms with van der Waals surface area (Å²) in [6.07, 6.45) is 1.61. The number of rotatable bonds is 6. The van der Waals surface area contributed by atoms with E-state index < -0.39 is 52.7 Å². The zero-order valence-corrected chi connectivity index (χ0v) is 20.0. The van der Waals surface area contributed by atoms with Gasteiger partial charge in [0, 0.05) is 55.0 Å². The van der Waals surface area contributed by atoms with Gasteiger partial charge in [-0.05, 0) is 53.2 Å². The molecule has 1 atom stereocenters. The number of hydrogen-bond acceptors (Lipinski definition) is 6. The van der Waals surface area contributed by atoms with Gasteiger partial charge in [-0.1, -0.05) is 0 Å². The molecule has 2 aliphatic rings. The molecule has 34 heavy (non-hydrogen) atoms. The summed E-state index contributed by atoms with van der Waals surface area (Å²) < 4.78 is 102. The van der Waals surface area contributed by atoms with Crippen molar-refractivity contribution in [2.45, 2.75) is 71.2 Å². The number of ether oxygens (including phenoxy) is 1. The van der Waals surface area contributed by atoms with Crippen LogP contribution in [0.4, 0.5) is 4.39 Å². The largest absolute Gasteiger partial charge is 0.478 e. The summed E-state index contributed by atoms with van der Waals surface area (Å²) in [7, 11) is -3.17. The molecule has 1 amide bonds. The van der Waals surface area contributed by atoms with Gasteiger partial charge in [0.25, 0.3) is 0 Å². The Morgan fingerprint density at radius 3 is 2.85 bits per heavy atom. The number of aromatic nitrogens is 3. The highest BCUT2D eigenvalue weighted by atomic mass is 32.2. The van der Waals surface area contributed by atoms with Crippen LogP contribution < -0.4 is 10.1 Å². The van der Waals surface area contributed by atoms with Crippen LogP contribution in [-0.2, 0) is 27.5 Å². The van der Waals surface area contributed by atoms with E-state index in [1.165, 1.54) is 6.07 Å². The summed E-state index contributed by atoms with van der Waals surface area (Å²) in [6.45, 7) is -3.05. The molecule has 186 valence electrons. The highest BCUT2D eigenvalue weighted by Crippen LogP contribution is 2.37. The van der Waals surface area contributed by atoms with Crippen molar-refractivity contribution in [1.29, 1.82) is 0 Å². The van der Waals surface area contributed by atoms with Crippen LogP contribution in [0.2, 0.25) is 0 Å². The third-order valence-electron chi connectivity index (χ3n) is 6.59. The molecule has 1 saturated heterocycles. The number of amides is 1. The van der Waals surface area contributed by atoms with E-state index in [0.717, 1.165) is 6.20 Å². The molecule has 2 aromatic heterocycles. The molecule has 1 N–H and O–H groups in total. The molecule has 0 unspecified atom stereocenters. The van der Waals surface area contributed by atoms with E-state index in [1.807, 2.05) is 0 Å². The van der Waals surface area contributed by atoms with Gasteiger partial charge < -0.3 is 10.1 Å². The van der Waals surface area contributed by atoms with Gasteiger partial charge in [0.2, 0.25) is 11.8 Å². The lowest BCUT2D eigenvalue weighted by molar-refractivity contribution is -0.127. The monoisotopic (exact) mass is 499 g/mol. The predicted octanol–water partition coefficient (Wildman–Crippen LogP) is 3.25. The molecule has 1 fully saturated rings. The number of sulfone groups is 1. The lowest BCUT2D eigenvalue weighted by Gasteiger charge is -2.36. The van der Waals surface area contributed by atoms with Crippen LogP contribution in [0.15, 0.2) is 12.3 Å². The van der Waals surface area contributed by atoms with Gasteiger partial charge in [0.05, 0.1) is 31.4 Å².